The fourth-order valence-corrected chi connectivity index (χ4v) is 1.96. The molecule has 0 unspecified atom stereocenters. The third kappa shape index (κ3) is 3.56. The van der Waals surface area contributed by atoms with E-state index in [1.165, 1.54) is 6.20 Å². The maximum atomic E-state index is 12.3. The largest absolute Gasteiger partial charge is 0.392 e. The summed E-state index contributed by atoms with van der Waals surface area (Å²) in [6, 6.07) is 7.00. The molecule has 2 N–H and O–H groups in total. The van der Waals surface area contributed by atoms with E-state index in [4.69, 9.17) is 11.6 Å². The second-order valence-corrected chi connectivity index (χ2v) is 5.26. The standard InChI is InChI=1S/C15H16ClN3O2/c1-9(2)14-17-7-11(16)13(19-14)15(21)18-12-6-4-3-5-10(12)8-20/h3-7,9,20H,8H2,1-2H3,(H,18,21). The Morgan fingerprint density at radius 3 is 2.76 bits per heavy atom. The quantitative estimate of drug-likeness (QED) is 0.910. The molecule has 0 atom stereocenters. The van der Waals surface area contributed by atoms with Crippen molar-refractivity contribution < 1.29 is 9.90 Å². The van der Waals surface area contributed by atoms with Crippen molar-refractivity contribution in [1.82, 2.24) is 9.97 Å². The third-order valence-electron chi connectivity index (χ3n) is 2.93. The molecule has 6 heteroatoms. The first-order valence-corrected chi connectivity index (χ1v) is 6.93. The Morgan fingerprint density at radius 2 is 2.10 bits per heavy atom. The molecule has 0 radical (unpaired) electrons. The van der Waals surface area contributed by atoms with Gasteiger partial charge in [-0.15, -0.1) is 0 Å². The highest BCUT2D eigenvalue weighted by molar-refractivity contribution is 6.33. The topological polar surface area (TPSA) is 75.1 Å². The van der Waals surface area contributed by atoms with Crippen LogP contribution in [0.2, 0.25) is 5.02 Å². The molecule has 5 nitrogen and oxygen atoms in total. The zero-order chi connectivity index (χ0) is 15.4. The minimum Gasteiger partial charge on any atom is -0.392 e. The first-order valence-electron chi connectivity index (χ1n) is 6.55. The van der Waals surface area contributed by atoms with E-state index in [-0.39, 0.29) is 23.2 Å². The van der Waals surface area contributed by atoms with Crippen LogP contribution in [0.1, 0.15) is 41.6 Å². The molecule has 2 aromatic rings. The van der Waals surface area contributed by atoms with Crippen molar-refractivity contribution >= 4 is 23.2 Å². The summed E-state index contributed by atoms with van der Waals surface area (Å²) in [7, 11) is 0. The molecule has 0 aliphatic carbocycles. The maximum Gasteiger partial charge on any atom is 0.275 e. The normalized spacial score (nSPS) is 10.7. The van der Waals surface area contributed by atoms with E-state index in [0.29, 0.717) is 17.1 Å². The number of aliphatic hydroxyl groups excluding tert-OH is 1. The maximum absolute atomic E-state index is 12.3. The highest BCUT2D eigenvalue weighted by Crippen LogP contribution is 2.20. The van der Waals surface area contributed by atoms with Gasteiger partial charge in [-0.1, -0.05) is 43.6 Å². The molecule has 1 amide bonds. The SMILES string of the molecule is CC(C)c1ncc(Cl)c(C(=O)Nc2ccccc2CO)n1. The summed E-state index contributed by atoms with van der Waals surface area (Å²) in [6.45, 7) is 3.71. The Balaban J connectivity index is 2.30. The molecule has 2 rings (SSSR count). The van der Waals surface area contributed by atoms with Crippen LogP contribution in [-0.4, -0.2) is 21.0 Å². The molecular formula is C15H16ClN3O2. The molecule has 0 fully saturated rings. The smallest absolute Gasteiger partial charge is 0.275 e. The van der Waals surface area contributed by atoms with E-state index >= 15 is 0 Å². The number of amides is 1. The number of benzene rings is 1. The fraction of sp³-hybridized carbons (Fsp3) is 0.267. The van der Waals surface area contributed by atoms with Gasteiger partial charge in [-0.25, -0.2) is 9.97 Å². The van der Waals surface area contributed by atoms with E-state index in [2.05, 4.69) is 15.3 Å². The van der Waals surface area contributed by atoms with Gasteiger partial charge < -0.3 is 10.4 Å². The Morgan fingerprint density at radius 1 is 1.38 bits per heavy atom. The summed E-state index contributed by atoms with van der Waals surface area (Å²) in [5.74, 6) is 0.226. The second-order valence-electron chi connectivity index (χ2n) is 4.85. The van der Waals surface area contributed by atoms with Crippen molar-refractivity contribution in [1.29, 1.82) is 0 Å². The molecular weight excluding hydrogens is 290 g/mol. The number of hydrogen-bond acceptors (Lipinski definition) is 4. The number of para-hydroxylation sites is 1. The lowest BCUT2D eigenvalue weighted by Crippen LogP contribution is -2.17. The number of halogens is 1. The van der Waals surface area contributed by atoms with Gasteiger partial charge >= 0.3 is 0 Å². The molecule has 0 saturated carbocycles. The van der Waals surface area contributed by atoms with Crippen molar-refractivity contribution in [2.24, 2.45) is 0 Å². The molecule has 0 aliphatic heterocycles. The number of nitrogens with one attached hydrogen (secondary N) is 1. The van der Waals surface area contributed by atoms with Crippen LogP contribution in [0.5, 0.6) is 0 Å². The lowest BCUT2D eigenvalue weighted by Gasteiger charge is -2.11. The molecule has 0 saturated heterocycles. The van der Waals surface area contributed by atoms with Crippen molar-refractivity contribution in [2.45, 2.75) is 26.4 Å². The monoisotopic (exact) mass is 305 g/mol. The van der Waals surface area contributed by atoms with E-state index in [1.807, 2.05) is 13.8 Å². The van der Waals surface area contributed by atoms with Crippen LogP contribution in [0.15, 0.2) is 30.5 Å². The summed E-state index contributed by atoms with van der Waals surface area (Å²) in [4.78, 5) is 20.6. The number of aromatic nitrogens is 2. The average Bonchev–Trinajstić information content (AvgIpc) is 2.47. The van der Waals surface area contributed by atoms with E-state index < -0.39 is 5.91 Å². The lowest BCUT2D eigenvalue weighted by atomic mass is 10.2. The molecule has 110 valence electrons. The van der Waals surface area contributed by atoms with Crippen LogP contribution < -0.4 is 5.32 Å². The predicted octanol–water partition coefficient (Wildman–Crippen LogP) is 3.00. The predicted molar refractivity (Wildman–Crippen MR) is 81.4 cm³/mol. The molecule has 0 bridgehead atoms. The summed E-state index contributed by atoms with van der Waals surface area (Å²) in [5, 5.41) is 12.2. The molecule has 1 aromatic heterocycles. The van der Waals surface area contributed by atoms with Gasteiger partial charge in [-0.2, -0.15) is 0 Å². The van der Waals surface area contributed by atoms with Gasteiger partial charge in [0, 0.05) is 17.2 Å². The average molecular weight is 306 g/mol. The highest BCUT2D eigenvalue weighted by Gasteiger charge is 2.16. The summed E-state index contributed by atoms with van der Waals surface area (Å²) in [5.41, 5.74) is 1.29. The number of rotatable bonds is 4. The van der Waals surface area contributed by atoms with Crippen molar-refractivity contribution in [3.05, 3.63) is 52.6 Å². The van der Waals surface area contributed by atoms with Gasteiger partial charge in [-0.3, -0.25) is 4.79 Å². The zero-order valence-electron chi connectivity index (χ0n) is 11.8. The Bertz CT molecular complexity index is 659. The van der Waals surface area contributed by atoms with Gasteiger partial charge in [0.1, 0.15) is 5.82 Å². The van der Waals surface area contributed by atoms with E-state index in [1.54, 1.807) is 24.3 Å². The fourth-order valence-electron chi connectivity index (χ4n) is 1.78. The molecule has 1 heterocycles. The van der Waals surface area contributed by atoms with E-state index in [9.17, 15) is 9.90 Å². The summed E-state index contributed by atoms with van der Waals surface area (Å²) in [6.07, 6.45) is 1.43. The van der Waals surface area contributed by atoms with Gasteiger partial charge in [0.2, 0.25) is 0 Å². The molecule has 0 spiro atoms. The van der Waals surface area contributed by atoms with Crippen molar-refractivity contribution in [3.8, 4) is 0 Å². The second kappa shape index (κ2) is 6.65. The highest BCUT2D eigenvalue weighted by atomic mass is 35.5. The number of aliphatic hydroxyl groups is 1. The number of carbonyl (C=O) groups excluding carboxylic acids is 1. The van der Waals surface area contributed by atoms with Crippen LogP contribution in [0, 0.1) is 0 Å². The number of hydrogen-bond donors (Lipinski definition) is 2. The molecule has 0 aliphatic rings. The van der Waals surface area contributed by atoms with Crippen molar-refractivity contribution in [2.75, 3.05) is 5.32 Å². The Labute approximate surface area is 128 Å². The minimum atomic E-state index is -0.426. The minimum absolute atomic E-state index is 0.0959. The van der Waals surface area contributed by atoms with E-state index in [0.717, 1.165) is 0 Å². The van der Waals surface area contributed by atoms with Gasteiger partial charge in [0.05, 0.1) is 17.8 Å². The molecule has 1 aromatic carbocycles. The summed E-state index contributed by atoms with van der Waals surface area (Å²) >= 11 is 6.00. The summed E-state index contributed by atoms with van der Waals surface area (Å²) < 4.78 is 0. The number of nitrogens with zero attached hydrogens (tertiary/aromatic N) is 2. The third-order valence-corrected chi connectivity index (χ3v) is 3.21. The Hall–Kier alpha value is -1.98. The first-order chi connectivity index (χ1) is 10.0. The van der Waals surface area contributed by atoms with Gasteiger partial charge in [0.15, 0.2) is 5.69 Å². The van der Waals surface area contributed by atoms with Crippen LogP contribution in [-0.2, 0) is 6.61 Å². The van der Waals surface area contributed by atoms with Crippen LogP contribution in [0.25, 0.3) is 0 Å². The van der Waals surface area contributed by atoms with Crippen LogP contribution in [0.4, 0.5) is 5.69 Å². The van der Waals surface area contributed by atoms with Gasteiger partial charge in [-0.05, 0) is 6.07 Å². The zero-order valence-corrected chi connectivity index (χ0v) is 12.6. The van der Waals surface area contributed by atoms with Crippen molar-refractivity contribution in [3.63, 3.8) is 0 Å². The number of anilines is 1. The lowest BCUT2D eigenvalue weighted by molar-refractivity contribution is 0.102. The van der Waals surface area contributed by atoms with Crippen LogP contribution in [0.3, 0.4) is 0 Å². The van der Waals surface area contributed by atoms with Crippen LogP contribution >= 0.6 is 11.6 Å². The Kier molecular flexibility index (Phi) is 4.88. The number of carbonyl (C=O) groups is 1. The molecule has 21 heavy (non-hydrogen) atoms. The first kappa shape index (κ1) is 15.4. The van der Waals surface area contributed by atoms with Gasteiger partial charge in [0.25, 0.3) is 5.91 Å².